The maximum atomic E-state index is 14.7. The van der Waals surface area contributed by atoms with Gasteiger partial charge in [-0.25, -0.2) is 19.6 Å². The van der Waals surface area contributed by atoms with Crippen molar-refractivity contribution in [2.75, 3.05) is 47.8 Å². The van der Waals surface area contributed by atoms with Gasteiger partial charge in [0.1, 0.15) is 44.8 Å². The Bertz CT molecular complexity index is 2890. The minimum atomic E-state index is -2.23. The number of hydrogen-bond acceptors (Lipinski definition) is 16. The van der Waals surface area contributed by atoms with Gasteiger partial charge in [0.25, 0.3) is 11.8 Å². The molecule has 1 unspecified atom stereocenters. The fourth-order valence-corrected chi connectivity index (χ4v) is 14.3. The lowest BCUT2D eigenvalue weighted by Gasteiger charge is -2.38. The van der Waals surface area contributed by atoms with E-state index in [1.54, 1.807) is 61.7 Å². The average Bonchev–Trinajstić information content (AvgIpc) is 1.66. The van der Waals surface area contributed by atoms with Gasteiger partial charge in [-0.1, -0.05) is 95.2 Å². The molecule has 8 atom stereocenters. The van der Waals surface area contributed by atoms with Crippen LogP contribution >= 0.6 is 22.7 Å². The van der Waals surface area contributed by atoms with Crippen LogP contribution in [-0.4, -0.2) is 136 Å². The predicted molar refractivity (Wildman–Crippen MR) is 344 cm³/mol. The van der Waals surface area contributed by atoms with Gasteiger partial charge >= 0.3 is 11.9 Å². The summed E-state index contributed by atoms with van der Waals surface area (Å²) in [5.74, 6) is -2.00. The Labute approximate surface area is 518 Å². The molecule has 1 N–H and O–H groups in total. The standard InChI is InChI=1S/C33H52N2O6SSi.C32H50N2O6SSi/c1-31(2,3)24-15-14-21(18-25(24)39-11)29(36)35-26(28-34-16-17-42-28)22(19-38-10)23(20-40-43(12,13)33(7,8)9)27(35)30(37)41-32(4,5)6;1-30(2,3)23-14-13-20(17-24(23)38-10)28(36)34-25(27-33-15-16-41-27)21(18-35)22(19-39-42(11,12)32(7,8)9)26(34)29(37)40-31(4,5)6/h14-18,22-23,26-27H,19-20H2,1-13H3;13-17,21-22,25-26,35H,18-19H2,1-12H3/t22-,23-,26+,27?;21-,22-,25+,26-/m00/s1. The molecular weight excluding hydrogens is 1150 g/mol. The van der Waals surface area contributed by atoms with Crippen molar-refractivity contribution < 1.29 is 56.8 Å². The van der Waals surface area contributed by atoms with Gasteiger partial charge in [0.2, 0.25) is 0 Å². The number of esters is 2. The van der Waals surface area contributed by atoms with Gasteiger partial charge in [0, 0.05) is 84.9 Å². The number of rotatable bonds is 17. The molecule has 0 spiro atoms. The Balaban J connectivity index is 0.000000311. The van der Waals surface area contributed by atoms with E-state index in [0.717, 1.165) is 16.1 Å². The number of benzene rings is 2. The zero-order chi connectivity index (χ0) is 64.4. The van der Waals surface area contributed by atoms with Crippen molar-refractivity contribution in [3.63, 3.8) is 0 Å². The molecule has 0 radical (unpaired) electrons. The Hall–Kier alpha value is -4.55. The molecule has 6 rings (SSSR count). The maximum absolute atomic E-state index is 14.7. The van der Waals surface area contributed by atoms with Crippen LogP contribution in [0, 0.1) is 23.7 Å². The van der Waals surface area contributed by atoms with Crippen molar-refractivity contribution in [1.29, 1.82) is 0 Å². The molecule has 2 saturated heterocycles. The molecule has 4 aromatic rings. The summed E-state index contributed by atoms with van der Waals surface area (Å²) in [4.78, 5) is 69.9. The van der Waals surface area contributed by atoms with Crippen LogP contribution in [0.1, 0.15) is 179 Å². The first kappa shape index (κ1) is 71.2. The number of aliphatic hydroxyl groups is 1. The van der Waals surface area contributed by atoms with Gasteiger partial charge in [-0.2, -0.15) is 0 Å². The number of methoxy groups -OCH3 is 3. The van der Waals surface area contributed by atoms with E-state index in [1.807, 2.05) is 70.5 Å². The van der Waals surface area contributed by atoms with Crippen LogP contribution < -0.4 is 9.47 Å². The van der Waals surface area contributed by atoms with E-state index in [2.05, 4.69) is 119 Å². The van der Waals surface area contributed by atoms with E-state index in [1.165, 1.54) is 22.7 Å². The zero-order valence-electron chi connectivity index (χ0n) is 55.8. The molecule has 85 heavy (non-hydrogen) atoms. The number of thiazole rings is 2. The smallest absolute Gasteiger partial charge is 0.329 e. The first-order chi connectivity index (χ1) is 39.0. The molecule has 2 aromatic carbocycles. The third-order valence-corrected chi connectivity index (χ3v) is 27.8. The predicted octanol–water partition coefficient (Wildman–Crippen LogP) is 13.9. The number of amides is 2. The monoisotopic (exact) mass is 1250 g/mol. The normalized spacial score (nSPS) is 21.8. The number of hydrogen-bond donors (Lipinski definition) is 1. The molecule has 2 aliphatic rings. The molecule has 474 valence electrons. The lowest BCUT2D eigenvalue weighted by atomic mass is 9.85. The first-order valence-electron chi connectivity index (χ1n) is 29.6. The summed E-state index contributed by atoms with van der Waals surface area (Å²) < 4.78 is 42.6. The third-order valence-electron chi connectivity index (χ3n) is 17.1. The third kappa shape index (κ3) is 16.8. The van der Waals surface area contributed by atoms with E-state index in [-0.39, 0.29) is 57.8 Å². The van der Waals surface area contributed by atoms with Gasteiger partial charge in [-0.3, -0.25) is 9.59 Å². The second kappa shape index (κ2) is 27.1. The van der Waals surface area contributed by atoms with Crippen LogP contribution in [0.5, 0.6) is 11.5 Å². The molecule has 0 bridgehead atoms. The van der Waals surface area contributed by atoms with E-state index in [0.29, 0.717) is 40.8 Å². The quantitative estimate of drug-likeness (QED) is 0.0777. The number of aromatic nitrogens is 2. The lowest BCUT2D eigenvalue weighted by molar-refractivity contribution is -0.162. The maximum Gasteiger partial charge on any atom is 0.329 e. The Kier molecular flexibility index (Phi) is 22.7. The highest BCUT2D eigenvalue weighted by molar-refractivity contribution is 7.09. The SMILES string of the molecule is COC[C@H]1[C@H](CO[Si](C)(C)C(C)(C)C)C(C(=O)OC(C)(C)C)N(C(=O)c2ccc(C(C)(C)C)c(OC)c2)[C@H]1c1nccs1.COc1cc(C(=O)N2[C@H](C(=O)OC(C)(C)C)[C@@H](CO[Si](C)(C)C(C)(C)C)[C@H](CO)[C@@H]2c2nccs2)ccc1C(C)(C)C. The fraction of sp³-hybridized carbons (Fsp3) is 0.662. The van der Waals surface area contributed by atoms with Gasteiger partial charge in [0.15, 0.2) is 16.6 Å². The molecule has 0 saturated carbocycles. The average molecular weight is 1250 g/mol. The minimum absolute atomic E-state index is 0.0284. The van der Waals surface area contributed by atoms with E-state index in [4.69, 9.17) is 32.5 Å². The second-order valence-electron chi connectivity index (χ2n) is 29.8. The molecule has 2 aliphatic heterocycles. The number of aliphatic hydroxyl groups excluding tert-OH is 1. The summed E-state index contributed by atoms with van der Waals surface area (Å²) in [7, 11) is 0.416. The minimum Gasteiger partial charge on any atom is -0.496 e. The number of nitrogens with zero attached hydrogens (tertiary/aromatic N) is 4. The molecule has 2 aromatic heterocycles. The summed E-state index contributed by atoms with van der Waals surface area (Å²) in [6.45, 7) is 45.9. The molecule has 16 nitrogen and oxygen atoms in total. The summed E-state index contributed by atoms with van der Waals surface area (Å²) in [6.07, 6.45) is 3.41. The number of ether oxygens (including phenoxy) is 5. The van der Waals surface area contributed by atoms with Crippen LogP contribution in [0.4, 0.5) is 0 Å². The molecule has 4 heterocycles. The number of carbonyl (C=O) groups excluding carboxylic acids is 4. The number of likely N-dealkylation sites (tertiary alicyclic amines) is 2. The first-order valence-corrected chi connectivity index (χ1v) is 37.2. The van der Waals surface area contributed by atoms with Crippen LogP contribution in [0.25, 0.3) is 0 Å². The van der Waals surface area contributed by atoms with Crippen molar-refractivity contribution in [2.45, 2.75) is 207 Å². The Morgan fingerprint density at radius 3 is 1.16 bits per heavy atom. The molecule has 0 aliphatic carbocycles. The van der Waals surface area contributed by atoms with E-state index >= 15 is 0 Å². The van der Waals surface area contributed by atoms with Crippen molar-refractivity contribution in [2.24, 2.45) is 23.7 Å². The van der Waals surface area contributed by atoms with Crippen LogP contribution in [0.15, 0.2) is 59.6 Å². The molecule has 2 fully saturated rings. The van der Waals surface area contributed by atoms with Crippen LogP contribution in [-0.2, 0) is 43.5 Å². The summed E-state index contributed by atoms with van der Waals surface area (Å²) in [5.41, 5.74) is 0.880. The summed E-state index contributed by atoms with van der Waals surface area (Å²) >= 11 is 2.87. The van der Waals surface area contributed by atoms with Gasteiger partial charge < -0.3 is 47.4 Å². The van der Waals surface area contributed by atoms with E-state index < -0.39 is 75.8 Å². The zero-order valence-corrected chi connectivity index (χ0v) is 59.4. The van der Waals surface area contributed by atoms with Gasteiger partial charge in [-0.05, 0) is 124 Å². The van der Waals surface area contributed by atoms with E-state index in [9.17, 15) is 24.3 Å². The van der Waals surface area contributed by atoms with Crippen LogP contribution in [0.3, 0.4) is 0 Å². The highest BCUT2D eigenvalue weighted by Gasteiger charge is 2.59. The van der Waals surface area contributed by atoms with Crippen molar-refractivity contribution in [3.05, 3.63) is 91.8 Å². The summed E-state index contributed by atoms with van der Waals surface area (Å²) in [5, 5.41) is 15.9. The fourth-order valence-electron chi connectivity index (χ4n) is 10.6. The highest BCUT2D eigenvalue weighted by atomic mass is 32.1. The second-order valence-corrected chi connectivity index (χ2v) is 41.2. The Morgan fingerprint density at radius 1 is 0.529 bits per heavy atom. The van der Waals surface area contributed by atoms with Crippen molar-refractivity contribution in [3.8, 4) is 11.5 Å². The topological polar surface area (TPSA) is 185 Å². The molecular formula is C65H102N4O12S2Si2. The van der Waals surface area contributed by atoms with Gasteiger partial charge in [-0.15, -0.1) is 22.7 Å². The van der Waals surface area contributed by atoms with Crippen molar-refractivity contribution >= 4 is 63.1 Å². The summed E-state index contributed by atoms with van der Waals surface area (Å²) in [6, 6.07) is 7.93. The van der Waals surface area contributed by atoms with Crippen LogP contribution in [0.2, 0.25) is 36.3 Å². The lowest BCUT2D eigenvalue weighted by Crippen LogP contribution is -2.49. The molecule has 2 amide bonds. The van der Waals surface area contributed by atoms with Gasteiger partial charge in [0.05, 0.1) is 32.9 Å². The molecule has 20 heteroatoms. The van der Waals surface area contributed by atoms with Crippen molar-refractivity contribution in [1.82, 2.24) is 19.8 Å². The Morgan fingerprint density at radius 2 is 0.882 bits per heavy atom. The number of carbonyl (C=O) groups is 4. The highest BCUT2D eigenvalue weighted by Crippen LogP contribution is 2.51. The largest absolute Gasteiger partial charge is 0.496 e.